The van der Waals surface area contributed by atoms with E-state index in [9.17, 15) is 4.79 Å². The Bertz CT molecular complexity index is 976. The molecule has 0 bridgehead atoms. The number of nitrogens with zero attached hydrogens (tertiary/aromatic N) is 3. The molecule has 1 N–H and O–H groups in total. The molecule has 0 spiro atoms. The molecule has 1 aliphatic heterocycles. The highest BCUT2D eigenvalue weighted by atomic mass is 35.5. The Labute approximate surface area is 137 Å². The van der Waals surface area contributed by atoms with E-state index >= 15 is 0 Å². The van der Waals surface area contributed by atoms with Crippen molar-refractivity contribution in [2.75, 3.05) is 11.9 Å². The fraction of sp³-hybridized carbons (Fsp3) is 0.118. The maximum absolute atomic E-state index is 12.4. The molecule has 1 aliphatic rings. The van der Waals surface area contributed by atoms with Crippen molar-refractivity contribution < 1.29 is 4.79 Å². The van der Waals surface area contributed by atoms with Crippen molar-refractivity contribution in [3.63, 3.8) is 0 Å². The molecular weight excluding hydrogens is 312 g/mol. The summed E-state index contributed by atoms with van der Waals surface area (Å²) in [7, 11) is 0. The molecule has 0 radical (unpaired) electrons. The lowest BCUT2D eigenvalue weighted by Gasteiger charge is -2.07. The number of halogens is 1. The minimum atomic E-state index is -0.328. The highest BCUT2D eigenvalue weighted by Gasteiger charge is 2.15. The molecule has 6 heteroatoms. The van der Waals surface area contributed by atoms with Gasteiger partial charge in [-0.2, -0.15) is 4.99 Å². The van der Waals surface area contributed by atoms with Crippen LogP contribution in [0.15, 0.2) is 53.5 Å². The number of rotatable bonds is 1. The third-order valence-corrected chi connectivity index (χ3v) is 4.06. The zero-order valence-electron chi connectivity index (χ0n) is 12.2. The van der Waals surface area contributed by atoms with E-state index in [0.717, 1.165) is 29.8 Å². The van der Waals surface area contributed by atoms with Crippen LogP contribution in [0.4, 0.5) is 5.82 Å². The SMILES string of the molecule is O=C(N=c1nc2ccccc2c2n1CCN2)c1ccc(Cl)cc1. The average molecular weight is 325 g/mol. The first-order chi connectivity index (χ1) is 11.2. The second-order valence-corrected chi connectivity index (χ2v) is 5.72. The molecule has 0 fully saturated rings. The van der Waals surface area contributed by atoms with Crippen LogP contribution < -0.4 is 10.9 Å². The van der Waals surface area contributed by atoms with Gasteiger partial charge in [0.25, 0.3) is 5.91 Å². The van der Waals surface area contributed by atoms with Crippen LogP contribution in [0.2, 0.25) is 5.02 Å². The zero-order valence-corrected chi connectivity index (χ0v) is 12.9. The largest absolute Gasteiger partial charge is 0.369 e. The maximum atomic E-state index is 12.4. The van der Waals surface area contributed by atoms with Crippen LogP contribution >= 0.6 is 11.6 Å². The molecule has 3 aromatic rings. The Morgan fingerprint density at radius 3 is 2.78 bits per heavy atom. The topological polar surface area (TPSA) is 59.3 Å². The molecular formula is C17H13ClN4O. The lowest BCUT2D eigenvalue weighted by Crippen LogP contribution is -2.24. The summed E-state index contributed by atoms with van der Waals surface area (Å²) in [6.07, 6.45) is 0. The van der Waals surface area contributed by atoms with E-state index in [1.54, 1.807) is 24.3 Å². The summed E-state index contributed by atoms with van der Waals surface area (Å²) in [6.45, 7) is 1.53. The quantitative estimate of drug-likeness (QED) is 0.748. The van der Waals surface area contributed by atoms with E-state index in [1.165, 1.54) is 0 Å². The zero-order chi connectivity index (χ0) is 15.8. The summed E-state index contributed by atoms with van der Waals surface area (Å²) in [6, 6.07) is 14.5. The van der Waals surface area contributed by atoms with Gasteiger partial charge in [-0.15, -0.1) is 0 Å². The molecule has 0 unspecified atom stereocenters. The molecule has 0 aliphatic carbocycles. The first kappa shape index (κ1) is 14.0. The normalized spacial score (nSPS) is 13.9. The maximum Gasteiger partial charge on any atom is 0.280 e. The Kier molecular flexibility index (Phi) is 3.35. The Morgan fingerprint density at radius 2 is 1.96 bits per heavy atom. The van der Waals surface area contributed by atoms with Gasteiger partial charge in [0.1, 0.15) is 5.82 Å². The molecule has 4 rings (SSSR count). The molecule has 1 amide bonds. The van der Waals surface area contributed by atoms with E-state index in [1.807, 2.05) is 28.8 Å². The number of nitrogens with one attached hydrogen (secondary N) is 1. The van der Waals surface area contributed by atoms with Crippen molar-refractivity contribution in [1.82, 2.24) is 9.55 Å². The fourth-order valence-electron chi connectivity index (χ4n) is 2.71. The molecule has 114 valence electrons. The second-order valence-electron chi connectivity index (χ2n) is 5.28. The van der Waals surface area contributed by atoms with Crippen molar-refractivity contribution >= 4 is 34.2 Å². The third kappa shape index (κ3) is 2.49. The van der Waals surface area contributed by atoms with Crippen LogP contribution in [0.3, 0.4) is 0 Å². The molecule has 1 aromatic heterocycles. The number of para-hydroxylation sites is 1. The van der Waals surface area contributed by atoms with Gasteiger partial charge in [0, 0.05) is 29.1 Å². The van der Waals surface area contributed by atoms with Crippen LogP contribution in [0.5, 0.6) is 0 Å². The molecule has 0 saturated heterocycles. The number of amides is 1. The Morgan fingerprint density at radius 1 is 1.17 bits per heavy atom. The van der Waals surface area contributed by atoms with Gasteiger partial charge >= 0.3 is 0 Å². The van der Waals surface area contributed by atoms with E-state index in [-0.39, 0.29) is 5.91 Å². The number of benzene rings is 2. The fourth-order valence-corrected chi connectivity index (χ4v) is 2.83. The minimum absolute atomic E-state index is 0.328. The molecule has 2 aromatic carbocycles. The van der Waals surface area contributed by atoms with Gasteiger partial charge in [0.05, 0.1) is 5.52 Å². The number of carbonyl (C=O) groups excluding carboxylic acids is 1. The monoisotopic (exact) mass is 324 g/mol. The van der Waals surface area contributed by atoms with E-state index in [0.29, 0.717) is 16.2 Å². The summed E-state index contributed by atoms with van der Waals surface area (Å²) in [5, 5.41) is 4.96. The van der Waals surface area contributed by atoms with Crippen LogP contribution in [0, 0.1) is 0 Å². The number of anilines is 1. The molecule has 5 nitrogen and oxygen atoms in total. The summed E-state index contributed by atoms with van der Waals surface area (Å²) < 4.78 is 1.94. The number of hydrogen-bond donors (Lipinski definition) is 1. The summed E-state index contributed by atoms with van der Waals surface area (Å²) in [5.41, 5.74) is 1.73. The van der Waals surface area contributed by atoms with Gasteiger partial charge in [0.15, 0.2) is 0 Å². The number of hydrogen-bond acceptors (Lipinski definition) is 3. The van der Waals surface area contributed by atoms with Crippen molar-refractivity contribution in [3.8, 4) is 0 Å². The molecule has 0 saturated carbocycles. The molecule has 23 heavy (non-hydrogen) atoms. The number of carbonyl (C=O) groups is 1. The number of aromatic nitrogens is 2. The molecule has 2 heterocycles. The number of fused-ring (bicyclic) bond motifs is 3. The van der Waals surface area contributed by atoms with Gasteiger partial charge in [-0.3, -0.25) is 9.36 Å². The van der Waals surface area contributed by atoms with Crippen molar-refractivity contribution in [1.29, 1.82) is 0 Å². The summed E-state index contributed by atoms with van der Waals surface area (Å²) in [5.74, 6) is 0.629. The third-order valence-electron chi connectivity index (χ3n) is 3.81. The van der Waals surface area contributed by atoms with Gasteiger partial charge in [0.2, 0.25) is 5.62 Å². The smallest absolute Gasteiger partial charge is 0.280 e. The lowest BCUT2D eigenvalue weighted by atomic mass is 10.2. The van der Waals surface area contributed by atoms with Gasteiger partial charge < -0.3 is 5.32 Å². The standard InChI is InChI=1S/C17H13ClN4O/c18-12-7-5-11(6-8-12)16(23)21-17-20-14-4-2-1-3-13(14)15-19-9-10-22(15)17/h1-8,19H,9-10H2. The van der Waals surface area contributed by atoms with Crippen LogP contribution in [-0.2, 0) is 6.54 Å². The second kappa shape index (κ2) is 5.52. The minimum Gasteiger partial charge on any atom is -0.369 e. The van der Waals surface area contributed by atoms with Gasteiger partial charge in [-0.05, 0) is 36.4 Å². The summed E-state index contributed by atoms with van der Waals surface area (Å²) >= 11 is 5.85. The van der Waals surface area contributed by atoms with Crippen molar-refractivity contribution in [2.45, 2.75) is 6.54 Å². The Balaban J connectivity index is 1.88. The Hall–Kier alpha value is -2.66. The first-order valence-corrected chi connectivity index (χ1v) is 7.68. The predicted molar refractivity (Wildman–Crippen MR) is 89.6 cm³/mol. The summed E-state index contributed by atoms with van der Waals surface area (Å²) in [4.78, 5) is 21.1. The van der Waals surface area contributed by atoms with E-state index < -0.39 is 0 Å². The highest BCUT2D eigenvalue weighted by Crippen LogP contribution is 2.22. The molecule has 0 atom stereocenters. The van der Waals surface area contributed by atoms with E-state index in [2.05, 4.69) is 15.3 Å². The highest BCUT2D eigenvalue weighted by molar-refractivity contribution is 6.30. The first-order valence-electron chi connectivity index (χ1n) is 7.30. The van der Waals surface area contributed by atoms with Crippen molar-refractivity contribution in [2.24, 2.45) is 4.99 Å². The van der Waals surface area contributed by atoms with Crippen LogP contribution in [0.25, 0.3) is 10.9 Å². The van der Waals surface area contributed by atoms with Crippen molar-refractivity contribution in [3.05, 3.63) is 64.7 Å². The lowest BCUT2D eigenvalue weighted by molar-refractivity contribution is 0.0996. The van der Waals surface area contributed by atoms with E-state index in [4.69, 9.17) is 11.6 Å². The van der Waals surface area contributed by atoms with Gasteiger partial charge in [-0.25, -0.2) is 4.98 Å². The van der Waals surface area contributed by atoms with Gasteiger partial charge in [-0.1, -0.05) is 23.7 Å². The van der Waals surface area contributed by atoms with Crippen LogP contribution in [0.1, 0.15) is 10.4 Å². The predicted octanol–water partition coefficient (Wildman–Crippen LogP) is 2.86. The average Bonchev–Trinajstić information content (AvgIpc) is 3.06. The van der Waals surface area contributed by atoms with Crippen LogP contribution in [-0.4, -0.2) is 22.0 Å².